The lowest BCUT2D eigenvalue weighted by molar-refractivity contribution is 0.183. The second-order valence-corrected chi connectivity index (χ2v) is 6.04. The highest BCUT2D eigenvalue weighted by atomic mass is 16.3. The number of nitrogens with one attached hydrogen (secondary N) is 2. The Balaban J connectivity index is 1.83. The highest BCUT2D eigenvalue weighted by Crippen LogP contribution is 2.17. The first-order valence-electron chi connectivity index (χ1n) is 8.54. The Labute approximate surface area is 134 Å². The van der Waals surface area contributed by atoms with Crippen molar-refractivity contribution in [2.45, 2.75) is 57.6 Å². The second-order valence-electron chi connectivity index (χ2n) is 6.04. The lowest BCUT2D eigenvalue weighted by Gasteiger charge is -2.25. The van der Waals surface area contributed by atoms with Gasteiger partial charge in [0.2, 0.25) is 0 Å². The van der Waals surface area contributed by atoms with Crippen molar-refractivity contribution in [3.63, 3.8) is 0 Å². The molecule has 0 bridgehead atoms. The summed E-state index contributed by atoms with van der Waals surface area (Å²) >= 11 is 0. The van der Waals surface area contributed by atoms with Crippen molar-refractivity contribution in [2.24, 2.45) is 4.99 Å². The maximum Gasteiger partial charge on any atom is 0.191 e. The van der Waals surface area contributed by atoms with Gasteiger partial charge in [-0.3, -0.25) is 4.99 Å². The summed E-state index contributed by atoms with van der Waals surface area (Å²) in [5.74, 6) is 0.835. The molecular formula is C18H29N3O. The Bertz CT molecular complexity index is 441. The first-order chi connectivity index (χ1) is 10.8. The molecule has 1 aromatic carbocycles. The Morgan fingerprint density at radius 1 is 1.23 bits per heavy atom. The van der Waals surface area contributed by atoms with E-state index in [0.29, 0.717) is 19.0 Å². The van der Waals surface area contributed by atoms with E-state index in [1.807, 2.05) is 30.3 Å². The molecular weight excluding hydrogens is 274 g/mol. The van der Waals surface area contributed by atoms with Gasteiger partial charge in [0, 0.05) is 19.0 Å². The molecule has 122 valence electrons. The van der Waals surface area contributed by atoms with Crippen molar-refractivity contribution in [1.82, 2.24) is 10.6 Å². The van der Waals surface area contributed by atoms with Crippen LogP contribution in [0.3, 0.4) is 0 Å². The third-order valence-corrected chi connectivity index (χ3v) is 4.06. The monoisotopic (exact) mass is 303 g/mol. The summed E-state index contributed by atoms with van der Waals surface area (Å²) in [5, 5.41) is 16.9. The van der Waals surface area contributed by atoms with E-state index in [1.165, 1.54) is 32.1 Å². The summed E-state index contributed by atoms with van der Waals surface area (Å²) in [5.41, 5.74) is 1.15. The molecule has 1 atom stereocenters. The van der Waals surface area contributed by atoms with Crippen molar-refractivity contribution in [3.05, 3.63) is 35.9 Å². The summed E-state index contributed by atoms with van der Waals surface area (Å²) in [6.45, 7) is 3.34. The van der Waals surface area contributed by atoms with E-state index in [-0.39, 0.29) is 0 Å². The number of rotatable bonds is 6. The quantitative estimate of drug-likeness (QED) is 0.559. The van der Waals surface area contributed by atoms with E-state index in [2.05, 4.69) is 22.5 Å². The van der Waals surface area contributed by atoms with Crippen LogP contribution in [0.1, 0.15) is 44.6 Å². The van der Waals surface area contributed by atoms with Crippen LogP contribution in [0.4, 0.5) is 0 Å². The standard InChI is InChI=1S/C18H29N3O/c1-2-19-18(21-16-11-7-4-8-12-16)20-14-17(22)13-15-9-5-3-6-10-15/h3,5-6,9-10,16-17,22H,2,4,7-8,11-14H2,1H3,(H2,19,20,21). The fraction of sp³-hybridized carbons (Fsp3) is 0.611. The van der Waals surface area contributed by atoms with E-state index >= 15 is 0 Å². The molecule has 0 saturated heterocycles. The molecule has 0 aromatic heterocycles. The molecule has 1 fully saturated rings. The van der Waals surface area contributed by atoms with Crippen LogP contribution in [-0.2, 0) is 6.42 Å². The van der Waals surface area contributed by atoms with Gasteiger partial charge in [0.25, 0.3) is 0 Å². The van der Waals surface area contributed by atoms with Gasteiger partial charge in [-0.1, -0.05) is 49.6 Å². The minimum absolute atomic E-state index is 0.428. The summed E-state index contributed by atoms with van der Waals surface area (Å²) in [7, 11) is 0. The van der Waals surface area contributed by atoms with Crippen LogP contribution < -0.4 is 10.6 Å². The van der Waals surface area contributed by atoms with Gasteiger partial charge in [-0.25, -0.2) is 0 Å². The maximum atomic E-state index is 10.2. The first-order valence-corrected chi connectivity index (χ1v) is 8.54. The fourth-order valence-electron chi connectivity index (χ4n) is 2.91. The lowest BCUT2D eigenvalue weighted by atomic mass is 9.96. The molecule has 0 radical (unpaired) electrons. The predicted octanol–water partition coefficient (Wildman–Crippen LogP) is 2.48. The molecule has 4 nitrogen and oxygen atoms in total. The molecule has 1 aliphatic carbocycles. The lowest BCUT2D eigenvalue weighted by Crippen LogP contribution is -2.44. The molecule has 1 saturated carbocycles. The molecule has 1 aromatic rings. The van der Waals surface area contributed by atoms with Crippen LogP contribution in [-0.4, -0.2) is 36.3 Å². The van der Waals surface area contributed by atoms with Gasteiger partial charge in [-0.05, 0) is 25.3 Å². The Hall–Kier alpha value is -1.55. The van der Waals surface area contributed by atoms with Gasteiger partial charge in [0.1, 0.15) is 0 Å². The SMILES string of the molecule is CCNC(=NCC(O)Cc1ccccc1)NC1CCCCC1. The number of benzene rings is 1. The molecule has 22 heavy (non-hydrogen) atoms. The normalized spacial score (nSPS) is 18.0. The van der Waals surface area contributed by atoms with E-state index < -0.39 is 6.10 Å². The zero-order valence-electron chi connectivity index (χ0n) is 13.6. The van der Waals surface area contributed by atoms with E-state index in [1.54, 1.807) is 0 Å². The van der Waals surface area contributed by atoms with Gasteiger partial charge >= 0.3 is 0 Å². The average Bonchev–Trinajstić information content (AvgIpc) is 2.55. The average molecular weight is 303 g/mol. The predicted molar refractivity (Wildman–Crippen MR) is 92.1 cm³/mol. The maximum absolute atomic E-state index is 10.2. The molecule has 1 unspecified atom stereocenters. The van der Waals surface area contributed by atoms with Crippen molar-refractivity contribution in [3.8, 4) is 0 Å². The van der Waals surface area contributed by atoms with Gasteiger partial charge in [-0.2, -0.15) is 0 Å². The smallest absolute Gasteiger partial charge is 0.191 e. The van der Waals surface area contributed by atoms with Crippen LogP contribution in [0.25, 0.3) is 0 Å². The summed E-state index contributed by atoms with van der Waals surface area (Å²) in [4.78, 5) is 4.55. The van der Waals surface area contributed by atoms with E-state index in [0.717, 1.165) is 18.1 Å². The number of hydrogen-bond acceptors (Lipinski definition) is 2. The molecule has 3 N–H and O–H groups in total. The minimum atomic E-state index is -0.441. The third-order valence-electron chi connectivity index (χ3n) is 4.06. The molecule has 1 aliphatic rings. The van der Waals surface area contributed by atoms with Crippen molar-refractivity contribution >= 4 is 5.96 Å². The number of aliphatic hydroxyl groups is 1. The van der Waals surface area contributed by atoms with Gasteiger partial charge < -0.3 is 15.7 Å². The van der Waals surface area contributed by atoms with Crippen LogP contribution >= 0.6 is 0 Å². The molecule has 0 spiro atoms. The first kappa shape index (κ1) is 16.8. The molecule has 4 heteroatoms. The topological polar surface area (TPSA) is 56.7 Å². The number of nitrogens with zero attached hydrogens (tertiary/aromatic N) is 1. The van der Waals surface area contributed by atoms with Crippen LogP contribution in [0.5, 0.6) is 0 Å². The Morgan fingerprint density at radius 3 is 2.64 bits per heavy atom. The number of hydrogen-bond donors (Lipinski definition) is 3. The largest absolute Gasteiger partial charge is 0.391 e. The summed E-state index contributed by atoms with van der Waals surface area (Å²) < 4.78 is 0. The number of aliphatic hydroxyl groups excluding tert-OH is 1. The Kier molecular flexibility index (Phi) is 7.23. The van der Waals surface area contributed by atoms with Crippen molar-refractivity contribution < 1.29 is 5.11 Å². The molecule has 2 rings (SSSR count). The third kappa shape index (κ3) is 6.06. The van der Waals surface area contributed by atoms with Gasteiger partial charge in [-0.15, -0.1) is 0 Å². The van der Waals surface area contributed by atoms with Crippen molar-refractivity contribution in [2.75, 3.05) is 13.1 Å². The highest BCUT2D eigenvalue weighted by molar-refractivity contribution is 5.80. The second kappa shape index (κ2) is 9.46. The fourth-order valence-corrected chi connectivity index (χ4v) is 2.91. The van der Waals surface area contributed by atoms with E-state index in [4.69, 9.17) is 0 Å². The van der Waals surface area contributed by atoms with Gasteiger partial charge in [0.15, 0.2) is 5.96 Å². The van der Waals surface area contributed by atoms with Crippen LogP contribution in [0, 0.1) is 0 Å². The van der Waals surface area contributed by atoms with E-state index in [9.17, 15) is 5.11 Å². The van der Waals surface area contributed by atoms with Gasteiger partial charge in [0.05, 0.1) is 12.6 Å². The number of guanidine groups is 1. The van der Waals surface area contributed by atoms with Crippen LogP contribution in [0.15, 0.2) is 35.3 Å². The zero-order valence-corrected chi connectivity index (χ0v) is 13.6. The minimum Gasteiger partial charge on any atom is -0.391 e. The molecule has 0 amide bonds. The molecule has 0 heterocycles. The van der Waals surface area contributed by atoms with Crippen molar-refractivity contribution in [1.29, 1.82) is 0 Å². The Morgan fingerprint density at radius 2 is 1.95 bits per heavy atom. The summed E-state index contributed by atoms with van der Waals surface area (Å²) in [6, 6.07) is 10.6. The zero-order chi connectivity index (χ0) is 15.6. The highest BCUT2D eigenvalue weighted by Gasteiger charge is 2.14. The molecule has 0 aliphatic heterocycles. The number of aliphatic imine (C=N–C) groups is 1. The summed E-state index contributed by atoms with van der Waals surface area (Å²) in [6.07, 6.45) is 6.59. The van der Waals surface area contributed by atoms with Crippen LogP contribution in [0.2, 0.25) is 0 Å².